The Hall–Kier alpha value is -0.900. The summed E-state index contributed by atoms with van der Waals surface area (Å²) in [7, 11) is 0. The van der Waals surface area contributed by atoms with E-state index in [1.54, 1.807) is 0 Å². The summed E-state index contributed by atoms with van der Waals surface area (Å²) < 4.78 is 5.56. The van der Waals surface area contributed by atoms with Crippen LogP contribution in [0.4, 0.5) is 0 Å². The van der Waals surface area contributed by atoms with Crippen LogP contribution >= 0.6 is 0 Å². The lowest BCUT2D eigenvalue weighted by Crippen LogP contribution is -2.43. The van der Waals surface area contributed by atoms with Gasteiger partial charge < -0.3 is 15.2 Å². The van der Waals surface area contributed by atoms with E-state index in [4.69, 9.17) is 4.74 Å². The fourth-order valence-corrected chi connectivity index (χ4v) is 1.86. The second-order valence-corrected chi connectivity index (χ2v) is 5.02. The molecule has 1 aromatic carbocycles. The van der Waals surface area contributed by atoms with Crippen LogP contribution in [0.5, 0.6) is 0 Å². The minimum Gasteiger partial charge on any atom is -0.395 e. The average Bonchev–Trinajstić information content (AvgIpc) is 2.37. The quantitative estimate of drug-likeness (QED) is 0.742. The lowest BCUT2D eigenvalue weighted by Gasteiger charge is -2.22. The van der Waals surface area contributed by atoms with Crippen molar-refractivity contribution in [2.45, 2.75) is 45.4 Å². The number of ether oxygens (including phenoxy) is 1. The summed E-state index contributed by atoms with van der Waals surface area (Å²) >= 11 is 0. The maximum absolute atomic E-state index is 9.41. The first kappa shape index (κ1) is 15.2. The molecule has 1 rings (SSSR count). The van der Waals surface area contributed by atoms with Crippen molar-refractivity contribution in [3.63, 3.8) is 0 Å². The fraction of sp³-hybridized carbons (Fsp3) is 0.600. The predicted molar refractivity (Wildman–Crippen MR) is 74.7 cm³/mol. The molecule has 2 atom stereocenters. The van der Waals surface area contributed by atoms with Gasteiger partial charge in [-0.3, -0.25) is 0 Å². The zero-order valence-electron chi connectivity index (χ0n) is 11.6. The van der Waals surface area contributed by atoms with Crippen molar-refractivity contribution in [2.75, 3.05) is 13.2 Å². The van der Waals surface area contributed by atoms with Crippen LogP contribution in [0.2, 0.25) is 0 Å². The SMILES string of the molecule is CC(COC(C)C)N[C@@H](CO)Cc1ccccc1. The van der Waals surface area contributed by atoms with Crippen LogP contribution < -0.4 is 5.32 Å². The third kappa shape index (κ3) is 6.15. The molecule has 3 heteroatoms. The molecule has 0 aliphatic carbocycles. The smallest absolute Gasteiger partial charge is 0.0620 e. The van der Waals surface area contributed by atoms with Crippen LogP contribution in [0.25, 0.3) is 0 Å². The Morgan fingerprint density at radius 2 is 1.83 bits per heavy atom. The van der Waals surface area contributed by atoms with Gasteiger partial charge in [0.05, 0.1) is 19.3 Å². The van der Waals surface area contributed by atoms with E-state index in [1.807, 2.05) is 32.0 Å². The molecule has 0 bridgehead atoms. The maximum Gasteiger partial charge on any atom is 0.0620 e. The normalized spacial score (nSPS) is 14.7. The standard InChI is InChI=1S/C15H25NO2/c1-12(2)18-11-13(3)16-15(10-17)9-14-7-5-4-6-8-14/h4-8,12-13,15-17H,9-11H2,1-3H3/t13?,15-/m1/s1. The lowest BCUT2D eigenvalue weighted by molar-refractivity contribution is 0.0599. The number of hydrogen-bond acceptors (Lipinski definition) is 3. The van der Waals surface area contributed by atoms with Gasteiger partial charge in [0, 0.05) is 12.1 Å². The van der Waals surface area contributed by atoms with Crippen LogP contribution in [0, 0.1) is 0 Å². The van der Waals surface area contributed by atoms with Crippen molar-refractivity contribution in [3.8, 4) is 0 Å². The molecule has 0 heterocycles. The zero-order valence-corrected chi connectivity index (χ0v) is 11.6. The van der Waals surface area contributed by atoms with Crippen LogP contribution in [0.3, 0.4) is 0 Å². The van der Waals surface area contributed by atoms with Gasteiger partial charge in [-0.25, -0.2) is 0 Å². The highest BCUT2D eigenvalue weighted by molar-refractivity contribution is 5.15. The summed E-state index contributed by atoms with van der Waals surface area (Å²) in [5.74, 6) is 0. The molecular formula is C15H25NO2. The number of aliphatic hydroxyl groups is 1. The number of benzene rings is 1. The molecule has 18 heavy (non-hydrogen) atoms. The largest absolute Gasteiger partial charge is 0.395 e. The highest BCUT2D eigenvalue weighted by atomic mass is 16.5. The third-order valence-corrected chi connectivity index (χ3v) is 2.75. The Bertz CT molecular complexity index is 314. The van der Waals surface area contributed by atoms with Crippen molar-refractivity contribution in [3.05, 3.63) is 35.9 Å². The molecule has 0 saturated carbocycles. The summed E-state index contributed by atoms with van der Waals surface area (Å²) in [5, 5.41) is 12.8. The second kappa shape index (κ2) is 8.25. The van der Waals surface area contributed by atoms with E-state index in [0.717, 1.165) is 6.42 Å². The molecule has 0 aromatic heterocycles. The molecule has 102 valence electrons. The molecular weight excluding hydrogens is 226 g/mol. The first-order chi connectivity index (χ1) is 8.61. The highest BCUT2D eigenvalue weighted by Gasteiger charge is 2.12. The molecule has 0 fully saturated rings. The molecule has 0 amide bonds. The second-order valence-electron chi connectivity index (χ2n) is 5.02. The number of nitrogens with one attached hydrogen (secondary N) is 1. The van der Waals surface area contributed by atoms with Gasteiger partial charge in [0.2, 0.25) is 0 Å². The van der Waals surface area contributed by atoms with Crippen molar-refractivity contribution >= 4 is 0 Å². The first-order valence-electron chi connectivity index (χ1n) is 6.64. The predicted octanol–water partition coefficient (Wildman–Crippen LogP) is 1.99. The van der Waals surface area contributed by atoms with Crippen molar-refractivity contribution in [2.24, 2.45) is 0 Å². The van der Waals surface area contributed by atoms with Crippen LogP contribution in [0.15, 0.2) is 30.3 Å². The van der Waals surface area contributed by atoms with E-state index >= 15 is 0 Å². The molecule has 3 nitrogen and oxygen atoms in total. The minimum absolute atomic E-state index is 0.0816. The molecule has 0 saturated heterocycles. The average molecular weight is 251 g/mol. The summed E-state index contributed by atoms with van der Waals surface area (Å²) in [6.45, 7) is 6.94. The van der Waals surface area contributed by atoms with Gasteiger partial charge in [-0.2, -0.15) is 0 Å². The number of hydrogen-bond donors (Lipinski definition) is 2. The lowest BCUT2D eigenvalue weighted by atomic mass is 10.1. The van der Waals surface area contributed by atoms with E-state index in [-0.39, 0.29) is 24.8 Å². The van der Waals surface area contributed by atoms with Gasteiger partial charge in [-0.1, -0.05) is 30.3 Å². The summed E-state index contributed by atoms with van der Waals surface area (Å²) in [6, 6.07) is 10.5. The highest BCUT2D eigenvalue weighted by Crippen LogP contribution is 2.04. The van der Waals surface area contributed by atoms with Crippen LogP contribution in [-0.2, 0) is 11.2 Å². The topological polar surface area (TPSA) is 41.5 Å². The van der Waals surface area contributed by atoms with E-state index in [0.29, 0.717) is 6.61 Å². The van der Waals surface area contributed by atoms with E-state index < -0.39 is 0 Å². The van der Waals surface area contributed by atoms with Gasteiger partial charge in [-0.05, 0) is 32.8 Å². The summed E-state index contributed by atoms with van der Waals surface area (Å²) in [5.41, 5.74) is 1.24. The monoisotopic (exact) mass is 251 g/mol. The van der Waals surface area contributed by atoms with Gasteiger partial charge in [0.15, 0.2) is 0 Å². The number of aliphatic hydroxyl groups excluding tert-OH is 1. The van der Waals surface area contributed by atoms with Gasteiger partial charge >= 0.3 is 0 Å². The Labute approximate surface area is 110 Å². The number of rotatable bonds is 8. The van der Waals surface area contributed by atoms with Crippen LogP contribution in [-0.4, -0.2) is 36.5 Å². The Kier molecular flexibility index (Phi) is 6.94. The van der Waals surface area contributed by atoms with Gasteiger partial charge in [0.1, 0.15) is 0 Å². The van der Waals surface area contributed by atoms with Crippen molar-refractivity contribution < 1.29 is 9.84 Å². The zero-order chi connectivity index (χ0) is 13.4. The Morgan fingerprint density at radius 3 is 2.39 bits per heavy atom. The molecule has 2 N–H and O–H groups in total. The summed E-state index contributed by atoms with van der Waals surface area (Å²) in [6.07, 6.45) is 1.08. The van der Waals surface area contributed by atoms with E-state index in [1.165, 1.54) is 5.56 Å². The molecule has 1 aromatic rings. The third-order valence-electron chi connectivity index (χ3n) is 2.75. The molecule has 0 spiro atoms. The molecule has 0 aliphatic heterocycles. The van der Waals surface area contributed by atoms with E-state index in [9.17, 15) is 5.11 Å². The van der Waals surface area contributed by atoms with Crippen LogP contribution in [0.1, 0.15) is 26.3 Å². The molecule has 0 radical (unpaired) electrons. The van der Waals surface area contributed by atoms with E-state index in [2.05, 4.69) is 24.4 Å². The van der Waals surface area contributed by atoms with Crippen molar-refractivity contribution in [1.82, 2.24) is 5.32 Å². The first-order valence-corrected chi connectivity index (χ1v) is 6.64. The molecule has 1 unspecified atom stereocenters. The Balaban J connectivity index is 2.37. The molecule has 0 aliphatic rings. The minimum atomic E-state index is 0.0816. The summed E-state index contributed by atoms with van der Waals surface area (Å²) in [4.78, 5) is 0. The Morgan fingerprint density at radius 1 is 1.17 bits per heavy atom. The van der Waals surface area contributed by atoms with Crippen molar-refractivity contribution in [1.29, 1.82) is 0 Å². The fourth-order valence-electron chi connectivity index (χ4n) is 1.86. The van der Waals surface area contributed by atoms with Gasteiger partial charge in [0.25, 0.3) is 0 Å². The maximum atomic E-state index is 9.41. The van der Waals surface area contributed by atoms with Gasteiger partial charge in [-0.15, -0.1) is 0 Å².